The number of nitrogens with two attached hydrogens (primary N) is 1. The van der Waals surface area contributed by atoms with Crippen molar-refractivity contribution < 1.29 is 0 Å². The molecule has 2 rings (SSSR count). The number of nitrogens with zero attached hydrogens (tertiary/aromatic N) is 3. The summed E-state index contributed by atoms with van der Waals surface area (Å²) in [6, 6.07) is 0. The number of likely N-dealkylation sites (tertiary alicyclic amines) is 1. The first kappa shape index (κ1) is 12.8. The van der Waals surface area contributed by atoms with Crippen molar-refractivity contribution in [3.63, 3.8) is 0 Å². The van der Waals surface area contributed by atoms with Crippen molar-refractivity contribution in [2.45, 2.75) is 45.6 Å². The summed E-state index contributed by atoms with van der Waals surface area (Å²) in [5, 5.41) is 4.87. The molecule has 0 saturated carbocycles. The van der Waals surface area contributed by atoms with Crippen molar-refractivity contribution in [3.8, 4) is 0 Å². The van der Waals surface area contributed by atoms with Crippen molar-refractivity contribution in [1.29, 1.82) is 0 Å². The molecule has 1 fully saturated rings. The summed E-state index contributed by atoms with van der Waals surface area (Å²) < 4.78 is 3.90. The van der Waals surface area contributed by atoms with Gasteiger partial charge in [0.25, 0.3) is 0 Å². The second-order valence-electron chi connectivity index (χ2n) is 4.95. The number of hydrogen-bond donors (Lipinski definition) is 1. The minimum absolute atomic E-state index is 0.777. The van der Waals surface area contributed by atoms with E-state index in [-0.39, 0.29) is 0 Å². The normalized spacial score (nSPS) is 22.5. The van der Waals surface area contributed by atoms with Gasteiger partial charge >= 0.3 is 0 Å². The Bertz CT molecular complexity index is 339. The first-order chi connectivity index (χ1) is 8.29. The molecule has 1 saturated heterocycles. The molecule has 4 nitrogen and oxygen atoms in total. The van der Waals surface area contributed by atoms with Crippen molar-refractivity contribution in [2.24, 2.45) is 5.92 Å². The zero-order chi connectivity index (χ0) is 12.1. The maximum atomic E-state index is 5.84. The zero-order valence-electron chi connectivity index (χ0n) is 10.6. The molecule has 0 bridgehead atoms. The van der Waals surface area contributed by atoms with Gasteiger partial charge in [0.05, 0.1) is 0 Å². The lowest BCUT2D eigenvalue weighted by molar-refractivity contribution is 0.268. The van der Waals surface area contributed by atoms with E-state index in [1.54, 1.807) is 0 Å². The SMILES string of the molecule is CCCC1CCCN(Cc2nnsc2N)CC1. The Morgan fingerprint density at radius 2 is 2.29 bits per heavy atom. The molecule has 1 aliphatic heterocycles. The van der Waals surface area contributed by atoms with Crippen molar-refractivity contribution in [3.05, 3.63) is 5.69 Å². The standard InChI is InChI=1S/C12H22N4S/c1-2-4-10-5-3-7-16(8-6-10)9-11-12(13)17-15-14-11/h10H,2-9,13H2,1H3. The van der Waals surface area contributed by atoms with Crippen LogP contribution in [0.2, 0.25) is 0 Å². The van der Waals surface area contributed by atoms with E-state index in [1.807, 2.05) is 0 Å². The minimum Gasteiger partial charge on any atom is -0.388 e. The highest BCUT2D eigenvalue weighted by atomic mass is 32.1. The van der Waals surface area contributed by atoms with E-state index in [0.29, 0.717) is 0 Å². The van der Waals surface area contributed by atoms with Crippen LogP contribution in [0.25, 0.3) is 0 Å². The first-order valence-electron chi connectivity index (χ1n) is 6.58. The Hall–Kier alpha value is -0.680. The Balaban J connectivity index is 1.85. The minimum atomic E-state index is 0.777. The Labute approximate surface area is 107 Å². The van der Waals surface area contributed by atoms with Crippen LogP contribution < -0.4 is 5.73 Å². The highest BCUT2D eigenvalue weighted by molar-refractivity contribution is 7.09. The van der Waals surface area contributed by atoms with Gasteiger partial charge < -0.3 is 5.73 Å². The van der Waals surface area contributed by atoms with Crippen LogP contribution in [-0.4, -0.2) is 27.6 Å². The lowest BCUT2D eigenvalue weighted by Gasteiger charge is -2.18. The van der Waals surface area contributed by atoms with Crippen LogP contribution in [-0.2, 0) is 6.54 Å². The van der Waals surface area contributed by atoms with Gasteiger partial charge in [0.1, 0.15) is 10.7 Å². The molecule has 0 aromatic carbocycles. The smallest absolute Gasteiger partial charge is 0.132 e. The fourth-order valence-corrected chi connectivity index (χ4v) is 3.05. The Morgan fingerprint density at radius 3 is 3.00 bits per heavy atom. The highest BCUT2D eigenvalue weighted by Gasteiger charge is 2.18. The van der Waals surface area contributed by atoms with Gasteiger partial charge in [-0.05, 0) is 38.3 Å². The predicted molar refractivity (Wildman–Crippen MR) is 71.8 cm³/mol. The maximum Gasteiger partial charge on any atom is 0.132 e. The van der Waals surface area contributed by atoms with Gasteiger partial charge in [-0.1, -0.05) is 24.3 Å². The third-order valence-electron chi connectivity index (χ3n) is 3.60. The Morgan fingerprint density at radius 1 is 1.41 bits per heavy atom. The molecule has 1 aliphatic rings. The molecular formula is C12H22N4S. The van der Waals surface area contributed by atoms with Gasteiger partial charge in [0, 0.05) is 18.1 Å². The summed E-state index contributed by atoms with van der Waals surface area (Å²) >= 11 is 1.30. The van der Waals surface area contributed by atoms with Crippen LogP contribution in [0.4, 0.5) is 5.00 Å². The quantitative estimate of drug-likeness (QED) is 0.897. The van der Waals surface area contributed by atoms with Crippen LogP contribution in [0.1, 0.15) is 44.7 Å². The van der Waals surface area contributed by atoms with Gasteiger partial charge in [-0.25, -0.2) is 0 Å². The van der Waals surface area contributed by atoms with Gasteiger partial charge in [-0.2, -0.15) is 0 Å². The van der Waals surface area contributed by atoms with Gasteiger partial charge in [0.15, 0.2) is 0 Å². The average molecular weight is 254 g/mol. The first-order valence-corrected chi connectivity index (χ1v) is 7.36. The monoisotopic (exact) mass is 254 g/mol. The molecule has 0 spiro atoms. The van der Waals surface area contributed by atoms with Crippen molar-refractivity contribution in [1.82, 2.24) is 14.5 Å². The van der Waals surface area contributed by atoms with Crippen molar-refractivity contribution >= 4 is 16.5 Å². The molecule has 96 valence electrons. The molecule has 1 aromatic heterocycles. The van der Waals surface area contributed by atoms with Gasteiger partial charge in [0.2, 0.25) is 0 Å². The summed E-state index contributed by atoms with van der Waals surface area (Å²) in [5.41, 5.74) is 6.80. The lowest BCUT2D eigenvalue weighted by Crippen LogP contribution is -2.24. The molecule has 0 amide bonds. The average Bonchev–Trinajstić information content (AvgIpc) is 2.59. The van der Waals surface area contributed by atoms with E-state index in [9.17, 15) is 0 Å². The summed E-state index contributed by atoms with van der Waals surface area (Å²) in [6.07, 6.45) is 6.71. The van der Waals surface area contributed by atoms with E-state index in [4.69, 9.17) is 5.73 Å². The van der Waals surface area contributed by atoms with Gasteiger partial charge in [-0.15, -0.1) is 5.10 Å². The second-order valence-corrected chi connectivity index (χ2v) is 5.73. The summed E-state index contributed by atoms with van der Waals surface area (Å²) in [7, 11) is 0. The van der Waals surface area contributed by atoms with E-state index < -0.39 is 0 Å². The highest BCUT2D eigenvalue weighted by Crippen LogP contribution is 2.23. The number of aromatic nitrogens is 2. The summed E-state index contributed by atoms with van der Waals surface area (Å²) in [4.78, 5) is 2.47. The molecule has 0 aliphatic carbocycles. The van der Waals surface area contributed by atoms with Crippen LogP contribution in [0, 0.1) is 5.92 Å². The molecule has 2 heterocycles. The van der Waals surface area contributed by atoms with E-state index >= 15 is 0 Å². The van der Waals surface area contributed by atoms with Crippen molar-refractivity contribution in [2.75, 3.05) is 18.8 Å². The molecule has 5 heteroatoms. The molecule has 17 heavy (non-hydrogen) atoms. The predicted octanol–water partition coefficient (Wildman–Crippen LogP) is 2.52. The molecule has 1 unspecified atom stereocenters. The molecule has 2 N–H and O–H groups in total. The maximum absolute atomic E-state index is 5.84. The van der Waals surface area contributed by atoms with E-state index in [2.05, 4.69) is 21.4 Å². The third-order valence-corrected chi connectivity index (χ3v) is 4.19. The number of rotatable bonds is 4. The Kier molecular flexibility index (Phi) is 4.74. The number of anilines is 1. The molecule has 1 atom stereocenters. The summed E-state index contributed by atoms with van der Waals surface area (Å²) in [6.45, 7) is 5.52. The van der Waals surface area contributed by atoms with Crippen LogP contribution in [0.5, 0.6) is 0 Å². The summed E-state index contributed by atoms with van der Waals surface area (Å²) in [5.74, 6) is 0.927. The van der Waals surface area contributed by atoms with Crippen LogP contribution in [0.15, 0.2) is 0 Å². The molecule has 0 radical (unpaired) electrons. The molecular weight excluding hydrogens is 232 g/mol. The fourth-order valence-electron chi connectivity index (χ4n) is 2.62. The van der Waals surface area contributed by atoms with Gasteiger partial charge in [-0.3, -0.25) is 4.90 Å². The largest absolute Gasteiger partial charge is 0.388 e. The number of nitrogen functional groups attached to an aromatic ring is 1. The zero-order valence-corrected chi connectivity index (χ0v) is 11.4. The third kappa shape index (κ3) is 3.64. The van der Waals surface area contributed by atoms with E-state index in [0.717, 1.165) is 23.2 Å². The fraction of sp³-hybridized carbons (Fsp3) is 0.833. The van der Waals surface area contributed by atoms with Crippen LogP contribution in [0.3, 0.4) is 0 Å². The second kappa shape index (κ2) is 6.31. The molecule has 1 aromatic rings. The van der Waals surface area contributed by atoms with E-state index in [1.165, 1.54) is 56.7 Å². The number of hydrogen-bond acceptors (Lipinski definition) is 5. The lowest BCUT2D eigenvalue weighted by atomic mass is 9.96. The van der Waals surface area contributed by atoms with Crippen LogP contribution >= 0.6 is 11.5 Å². The topological polar surface area (TPSA) is 55.0 Å².